The highest BCUT2D eigenvalue weighted by Gasteiger charge is 2.19. The molecule has 2 aromatic heterocycles. The Morgan fingerprint density at radius 1 is 1.13 bits per heavy atom. The fourth-order valence-electron chi connectivity index (χ4n) is 3.86. The van der Waals surface area contributed by atoms with Gasteiger partial charge in [0.15, 0.2) is 17.3 Å². The molecular weight excluding hydrogens is 586 g/mol. The van der Waals surface area contributed by atoms with E-state index in [1.54, 1.807) is 14.2 Å². The largest absolute Gasteiger partial charge is 0.462 e. The number of anilines is 3. The number of hydrogen-bond acceptors (Lipinski definition) is 15. The first-order valence-electron chi connectivity index (χ1n) is 13.8. The Balaban J connectivity index is 2.02. The maximum Gasteiger partial charge on any atom is 0.330 e. The molecule has 0 amide bonds. The quantitative estimate of drug-likeness (QED) is 0.0452. The third-order valence-electron chi connectivity index (χ3n) is 5.89. The lowest BCUT2D eigenvalue weighted by Crippen LogP contribution is -2.25. The summed E-state index contributed by atoms with van der Waals surface area (Å²) >= 11 is 0. The minimum atomic E-state index is -0.523. The van der Waals surface area contributed by atoms with Crippen molar-refractivity contribution in [2.45, 2.75) is 32.4 Å². The number of nitriles is 1. The van der Waals surface area contributed by atoms with E-state index in [0.717, 1.165) is 6.08 Å². The summed E-state index contributed by atoms with van der Waals surface area (Å²) in [7, 11) is 3.17. The highest BCUT2D eigenvalue weighted by atomic mass is 16.6. The molecule has 3 aromatic rings. The molecule has 0 aliphatic carbocycles. The fraction of sp³-hybridized carbons (Fsp3) is 0.393. The molecule has 238 valence electrons. The van der Waals surface area contributed by atoms with Gasteiger partial charge in [-0.3, -0.25) is 10.1 Å². The predicted molar refractivity (Wildman–Crippen MR) is 165 cm³/mol. The first-order valence-corrected chi connectivity index (χ1v) is 13.8. The number of rotatable bonds is 18. The summed E-state index contributed by atoms with van der Waals surface area (Å²) in [6.07, 6.45) is 2.98. The van der Waals surface area contributed by atoms with Gasteiger partial charge < -0.3 is 30.2 Å². The van der Waals surface area contributed by atoms with Crippen molar-refractivity contribution >= 4 is 40.7 Å². The van der Waals surface area contributed by atoms with E-state index in [1.807, 2.05) is 19.9 Å². The maximum absolute atomic E-state index is 11.4. The van der Waals surface area contributed by atoms with Crippen LogP contribution in [0.5, 0.6) is 0 Å². The first-order chi connectivity index (χ1) is 21.7. The van der Waals surface area contributed by atoms with Crippen LogP contribution in [-0.2, 0) is 19.0 Å². The lowest BCUT2D eigenvalue weighted by atomic mass is 10.3. The van der Waals surface area contributed by atoms with Gasteiger partial charge >= 0.3 is 5.97 Å². The number of non-ortho nitro benzene ring substituents is 1. The monoisotopic (exact) mass is 621 g/mol. The lowest BCUT2D eigenvalue weighted by molar-refractivity contribution is -0.384. The number of azo groups is 1. The van der Waals surface area contributed by atoms with Crippen molar-refractivity contribution in [3.63, 3.8) is 0 Å². The lowest BCUT2D eigenvalue weighted by Gasteiger charge is -2.19. The number of benzene rings is 1. The first kappa shape index (κ1) is 34.0. The third-order valence-corrected chi connectivity index (χ3v) is 5.89. The molecule has 0 saturated carbocycles. The Morgan fingerprint density at radius 3 is 2.42 bits per heavy atom. The van der Waals surface area contributed by atoms with E-state index in [9.17, 15) is 20.2 Å². The Labute approximate surface area is 259 Å². The van der Waals surface area contributed by atoms with Crippen molar-refractivity contribution in [2.75, 3.05) is 56.5 Å². The minimum Gasteiger partial charge on any atom is -0.462 e. The molecule has 0 fully saturated rings. The summed E-state index contributed by atoms with van der Waals surface area (Å²) in [5, 5.41) is 43.5. The molecule has 17 heteroatoms. The topological polar surface area (TPSA) is 216 Å². The number of ether oxygens (including phenoxy) is 3. The van der Waals surface area contributed by atoms with Gasteiger partial charge in [0.25, 0.3) is 5.69 Å². The average Bonchev–Trinajstić information content (AvgIpc) is 3.43. The second kappa shape index (κ2) is 17.0. The number of hydrogen-bond donors (Lipinski definition) is 3. The fourth-order valence-corrected chi connectivity index (χ4v) is 3.86. The highest BCUT2D eigenvalue weighted by Crippen LogP contribution is 2.35. The van der Waals surface area contributed by atoms with Crippen molar-refractivity contribution < 1.29 is 23.9 Å². The number of nitro groups is 1. The number of nitrogens with one attached hydrogen (secondary N) is 3. The zero-order chi connectivity index (χ0) is 32.8. The number of methoxy groups -OCH3 is 2. The van der Waals surface area contributed by atoms with Gasteiger partial charge in [-0.15, -0.1) is 15.3 Å². The smallest absolute Gasteiger partial charge is 0.330 e. The van der Waals surface area contributed by atoms with Crippen LogP contribution in [0, 0.1) is 21.4 Å². The van der Waals surface area contributed by atoms with E-state index in [1.165, 1.54) is 35.1 Å². The van der Waals surface area contributed by atoms with Crippen LogP contribution >= 0.6 is 0 Å². The Hall–Kier alpha value is -5.47. The molecule has 45 heavy (non-hydrogen) atoms. The summed E-state index contributed by atoms with van der Waals surface area (Å²) in [6, 6.07) is 7.40. The molecule has 0 spiro atoms. The second-order valence-corrected chi connectivity index (χ2v) is 9.64. The Bertz CT molecular complexity index is 1530. The van der Waals surface area contributed by atoms with Gasteiger partial charge in [0.05, 0.1) is 36.6 Å². The summed E-state index contributed by atoms with van der Waals surface area (Å²) in [5.41, 5.74) is 0.741. The van der Waals surface area contributed by atoms with Gasteiger partial charge in [-0.2, -0.15) is 15.2 Å². The van der Waals surface area contributed by atoms with Crippen molar-refractivity contribution in [3.8, 4) is 11.8 Å². The molecule has 2 atom stereocenters. The second-order valence-electron chi connectivity index (χ2n) is 9.64. The molecule has 3 N–H and O–H groups in total. The predicted octanol–water partition coefficient (Wildman–Crippen LogP) is 4.28. The van der Waals surface area contributed by atoms with Gasteiger partial charge in [-0.25, -0.2) is 9.48 Å². The van der Waals surface area contributed by atoms with Gasteiger partial charge in [-0.1, -0.05) is 6.58 Å². The van der Waals surface area contributed by atoms with E-state index in [0.29, 0.717) is 43.5 Å². The average molecular weight is 622 g/mol. The standard InChI is InChI=1S/C28H35N11O6/c1-6-23(40)45-13-7-12-30-26-24(27(31-18(2)16-43-4)34-28(33-26)32-19(3)17-44-5)35-36-25-20(14-29)15-38(37-25)21-8-10-22(11-9-21)39(41)42/h6,8-11,15,18-19H,1,7,12-13,16-17H2,2-5H3,(H3,30,31,32,33,34). The Kier molecular flexibility index (Phi) is 12.8. The normalized spacial score (nSPS) is 12.2. The van der Waals surface area contributed by atoms with Crippen LogP contribution < -0.4 is 16.0 Å². The van der Waals surface area contributed by atoms with Crippen LogP contribution in [-0.4, -0.2) is 83.3 Å². The van der Waals surface area contributed by atoms with Crippen LogP contribution in [0.3, 0.4) is 0 Å². The van der Waals surface area contributed by atoms with Crippen molar-refractivity contribution in [2.24, 2.45) is 10.2 Å². The van der Waals surface area contributed by atoms with E-state index >= 15 is 0 Å². The number of aromatic nitrogens is 4. The van der Waals surface area contributed by atoms with E-state index in [4.69, 9.17) is 14.2 Å². The molecule has 2 unspecified atom stereocenters. The van der Waals surface area contributed by atoms with E-state index in [2.05, 4.69) is 47.8 Å². The molecule has 0 saturated heterocycles. The van der Waals surface area contributed by atoms with E-state index < -0.39 is 10.9 Å². The van der Waals surface area contributed by atoms with Crippen molar-refractivity contribution in [3.05, 3.63) is 58.8 Å². The number of esters is 1. The van der Waals surface area contributed by atoms with Crippen LogP contribution in [0.2, 0.25) is 0 Å². The summed E-state index contributed by atoms with van der Waals surface area (Å²) < 4.78 is 16.9. The molecule has 1 aromatic carbocycles. The van der Waals surface area contributed by atoms with Gasteiger partial charge in [0, 0.05) is 51.1 Å². The minimum absolute atomic E-state index is 0.00458. The Morgan fingerprint density at radius 2 is 1.80 bits per heavy atom. The molecule has 0 aliphatic heterocycles. The SMILES string of the molecule is C=CC(=O)OCCCNc1nc(NC(C)COC)nc(NC(C)COC)c1N=Nc1nn(-c2ccc([N+](=O)[O-])cc2)cc1C#N. The van der Waals surface area contributed by atoms with Crippen molar-refractivity contribution in [1.29, 1.82) is 5.26 Å². The molecule has 0 bridgehead atoms. The van der Waals surface area contributed by atoms with Gasteiger partial charge in [0.1, 0.15) is 11.6 Å². The number of carbonyl (C=O) groups excluding carboxylic acids is 1. The van der Waals surface area contributed by atoms with Gasteiger partial charge in [-0.05, 0) is 32.4 Å². The van der Waals surface area contributed by atoms with Gasteiger partial charge in [0.2, 0.25) is 11.8 Å². The third kappa shape index (κ3) is 10.0. The molecule has 3 rings (SSSR count). The van der Waals surface area contributed by atoms with Crippen LogP contribution in [0.1, 0.15) is 25.8 Å². The molecule has 2 heterocycles. The summed E-state index contributed by atoms with van der Waals surface area (Å²) in [6.45, 7) is 8.45. The van der Waals surface area contributed by atoms with E-state index in [-0.39, 0.29) is 47.4 Å². The summed E-state index contributed by atoms with van der Waals surface area (Å²) in [4.78, 5) is 31.1. The number of nitrogens with zero attached hydrogens (tertiary/aromatic N) is 8. The van der Waals surface area contributed by atoms with Crippen LogP contribution in [0.15, 0.2) is 53.3 Å². The summed E-state index contributed by atoms with van der Waals surface area (Å²) in [5.74, 6) is 0.386. The number of carbonyl (C=O) groups is 1. The molecule has 17 nitrogen and oxygen atoms in total. The molecular formula is C28H35N11O6. The number of nitro benzene ring substituents is 1. The zero-order valence-corrected chi connectivity index (χ0v) is 25.4. The van der Waals surface area contributed by atoms with Crippen LogP contribution in [0.25, 0.3) is 5.69 Å². The molecule has 0 aliphatic rings. The van der Waals surface area contributed by atoms with Crippen LogP contribution in [0.4, 0.5) is 34.8 Å². The maximum atomic E-state index is 11.4. The zero-order valence-electron chi connectivity index (χ0n) is 25.4. The van der Waals surface area contributed by atoms with Crippen molar-refractivity contribution in [1.82, 2.24) is 19.7 Å². The highest BCUT2D eigenvalue weighted by molar-refractivity contribution is 5.81. The molecule has 0 radical (unpaired) electrons.